The van der Waals surface area contributed by atoms with Crippen molar-refractivity contribution in [3.8, 4) is 0 Å². The number of hydrogen-bond donors (Lipinski definition) is 0. The Labute approximate surface area is 216 Å². The fraction of sp³-hybridized carbons (Fsp3) is 0.290. The third-order valence-electron chi connectivity index (χ3n) is 7.55. The summed E-state index contributed by atoms with van der Waals surface area (Å²) in [5, 5.41) is 0. The Morgan fingerprint density at radius 2 is 1.43 bits per heavy atom. The van der Waals surface area contributed by atoms with E-state index < -0.39 is 12.1 Å². The summed E-state index contributed by atoms with van der Waals surface area (Å²) < 4.78 is 5.39. The molecule has 0 radical (unpaired) electrons. The first-order chi connectivity index (χ1) is 17.8. The minimum Gasteiger partial charge on any atom is -0.451 e. The van der Waals surface area contributed by atoms with E-state index in [4.69, 9.17) is 4.74 Å². The second-order valence-corrected chi connectivity index (χ2v) is 9.97. The van der Waals surface area contributed by atoms with Crippen LogP contribution >= 0.6 is 0 Å². The van der Waals surface area contributed by atoms with E-state index in [1.54, 1.807) is 31.2 Å². The molecule has 1 saturated heterocycles. The molecule has 5 rings (SSSR count). The van der Waals surface area contributed by atoms with Gasteiger partial charge in [0.25, 0.3) is 0 Å². The third-order valence-corrected chi connectivity index (χ3v) is 7.55. The van der Waals surface area contributed by atoms with Gasteiger partial charge in [-0.2, -0.15) is 0 Å². The molecule has 2 amide bonds. The number of amides is 2. The number of fused-ring (bicyclic) bond motifs is 1. The van der Waals surface area contributed by atoms with Gasteiger partial charge < -0.3 is 4.74 Å². The molecule has 1 aliphatic carbocycles. The molecule has 0 bridgehead atoms. The molecule has 6 nitrogen and oxygen atoms in total. The van der Waals surface area contributed by atoms with Gasteiger partial charge >= 0.3 is 5.97 Å². The Morgan fingerprint density at radius 3 is 2.11 bits per heavy atom. The van der Waals surface area contributed by atoms with Crippen molar-refractivity contribution in [3.63, 3.8) is 0 Å². The van der Waals surface area contributed by atoms with E-state index in [1.165, 1.54) is 22.6 Å². The van der Waals surface area contributed by atoms with Crippen LogP contribution in [0.15, 0.2) is 78.9 Å². The molecule has 3 aromatic rings. The van der Waals surface area contributed by atoms with Gasteiger partial charge in [0.15, 0.2) is 6.10 Å². The third kappa shape index (κ3) is 4.84. The monoisotopic (exact) mass is 495 g/mol. The summed E-state index contributed by atoms with van der Waals surface area (Å²) in [6, 6.07) is 23.4. The summed E-state index contributed by atoms with van der Waals surface area (Å²) in [5.41, 5.74) is 3.40. The van der Waals surface area contributed by atoms with Gasteiger partial charge in [-0.25, -0.2) is 4.79 Å². The van der Waals surface area contributed by atoms with Crippen molar-refractivity contribution >= 4 is 29.3 Å². The first-order valence-electron chi connectivity index (χ1n) is 12.7. The quantitative estimate of drug-likeness (QED) is 0.256. The number of benzene rings is 3. The van der Waals surface area contributed by atoms with E-state index in [1.807, 2.05) is 37.3 Å². The number of nitrogens with zero attached hydrogens (tertiary/aromatic N) is 1. The maximum atomic E-state index is 13.3. The van der Waals surface area contributed by atoms with Crippen LogP contribution in [0.25, 0.3) is 0 Å². The number of carbonyl (C=O) groups excluding carboxylic acids is 4. The number of carbonyl (C=O) groups is 4. The van der Waals surface area contributed by atoms with E-state index in [9.17, 15) is 19.2 Å². The molecule has 1 aliphatic heterocycles. The molecule has 0 unspecified atom stereocenters. The van der Waals surface area contributed by atoms with Gasteiger partial charge in [-0.15, -0.1) is 0 Å². The largest absolute Gasteiger partial charge is 0.451 e. The van der Waals surface area contributed by atoms with Crippen LogP contribution in [0.2, 0.25) is 0 Å². The van der Waals surface area contributed by atoms with Crippen LogP contribution in [0.3, 0.4) is 0 Å². The van der Waals surface area contributed by atoms with E-state index >= 15 is 0 Å². The second-order valence-electron chi connectivity index (χ2n) is 9.97. The minimum absolute atomic E-state index is 0.172. The van der Waals surface area contributed by atoms with Gasteiger partial charge in [0.05, 0.1) is 23.1 Å². The maximum absolute atomic E-state index is 13.3. The van der Waals surface area contributed by atoms with E-state index in [0.29, 0.717) is 24.1 Å². The topological polar surface area (TPSA) is 80.8 Å². The summed E-state index contributed by atoms with van der Waals surface area (Å²) in [6.07, 6.45) is 1.27. The van der Waals surface area contributed by atoms with Crippen LogP contribution in [-0.2, 0) is 14.3 Å². The van der Waals surface area contributed by atoms with Crippen LogP contribution in [0.4, 0.5) is 5.69 Å². The van der Waals surface area contributed by atoms with E-state index in [0.717, 1.165) is 12.0 Å². The van der Waals surface area contributed by atoms with Crippen LogP contribution in [0.1, 0.15) is 63.9 Å². The predicted octanol–water partition coefficient (Wildman–Crippen LogP) is 5.50. The molecule has 0 aromatic heterocycles. The van der Waals surface area contributed by atoms with Crippen molar-refractivity contribution in [1.29, 1.82) is 0 Å². The molecule has 4 atom stereocenters. The fourth-order valence-corrected chi connectivity index (χ4v) is 5.44. The summed E-state index contributed by atoms with van der Waals surface area (Å²) >= 11 is 0. The highest BCUT2D eigenvalue weighted by Gasteiger charge is 2.50. The normalized spacial score (nSPS) is 21.9. The highest BCUT2D eigenvalue weighted by atomic mass is 16.5. The fourth-order valence-electron chi connectivity index (χ4n) is 5.44. The summed E-state index contributed by atoms with van der Waals surface area (Å²) in [4.78, 5) is 53.0. The highest BCUT2D eigenvalue weighted by molar-refractivity contribution is 6.22. The summed E-state index contributed by atoms with van der Waals surface area (Å²) in [5.74, 6) is -1.64. The average molecular weight is 496 g/mol. The summed E-state index contributed by atoms with van der Waals surface area (Å²) in [7, 11) is 0. The summed E-state index contributed by atoms with van der Waals surface area (Å²) in [6.45, 7) is 3.47. The molecule has 6 heteroatoms. The Balaban J connectivity index is 1.25. The number of ether oxygens (including phenoxy) is 1. The van der Waals surface area contributed by atoms with Gasteiger partial charge in [-0.3, -0.25) is 19.3 Å². The molecule has 1 heterocycles. The zero-order valence-corrected chi connectivity index (χ0v) is 20.9. The lowest BCUT2D eigenvalue weighted by Crippen LogP contribution is -2.31. The van der Waals surface area contributed by atoms with Gasteiger partial charge in [-0.1, -0.05) is 60.2 Å². The van der Waals surface area contributed by atoms with E-state index in [2.05, 4.69) is 12.1 Å². The molecule has 0 N–H and O–H groups in total. The van der Waals surface area contributed by atoms with Gasteiger partial charge in [0, 0.05) is 5.56 Å². The zero-order valence-electron chi connectivity index (χ0n) is 20.9. The number of aryl methyl sites for hydroxylation is 1. The number of rotatable bonds is 6. The molecular formula is C31H29NO5. The number of hydrogen-bond acceptors (Lipinski definition) is 5. The SMILES string of the molecule is Cc1ccc(C(=O)[C@H](C)OC(=O)c2ccc(N3C(=O)[C@@H]4CC[C@H](c5ccccc5)C[C@H]4C3=O)cc2)cc1. The molecule has 2 aliphatic rings. The van der Waals surface area contributed by atoms with E-state index in [-0.39, 0.29) is 40.9 Å². The highest BCUT2D eigenvalue weighted by Crippen LogP contribution is 2.45. The number of ketones is 1. The Hall–Kier alpha value is -4.06. The first kappa shape index (κ1) is 24.6. The van der Waals surface area contributed by atoms with Crippen molar-refractivity contribution < 1.29 is 23.9 Å². The lowest BCUT2D eigenvalue weighted by molar-refractivity contribution is -0.122. The van der Waals surface area contributed by atoms with Crippen molar-refractivity contribution in [2.24, 2.45) is 11.8 Å². The molecular weight excluding hydrogens is 466 g/mol. The maximum Gasteiger partial charge on any atom is 0.338 e. The second kappa shape index (κ2) is 10.1. The standard InChI is InChI=1S/C31H29NO5/c1-19-8-10-22(11-9-19)28(33)20(2)37-31(36)23-12-15-25(16-13-23)32-29(34)26-17-14-24(18-27(26)30(32)35)21-6-4-3-5-7-21/h3-13,15-16,20,24,26-27H,14,17-18H2,1-2H3/t20-,24-,26+,27+/m0/s1. The number of esters is 1. The van der Waals surface area contributed by atoms with Crippen molar-refractivity contribution in [1.82, 2.24) is 0 Å². The zero-order chi connectivity index (χ0) is 26.1. The number of Topliss-reactive ketones (excluding diaryl/α,β-unsaturated/α-hetero) is 1. The Morgan fingerprint density at radius 1 is 0.811 bits per heavy atom. The van der Waals surface area contributed by atoms with Crippen molar-refractivity contribution in [2.75, 3.05) is 4.90 Å². The molecule has 0 spiro atoms. The smallest absolute Gasteiger partial charge is 0.338 e. The lowest BCUT2D eigenvalue weighted by Gasteiger charge is -2.28. The van der Waals surface area contributed by atoms with Crippen LogP contribution in [0, 0.1) is 18.8 Å². The van der Waals surface area contributed by atoms with Gasteiger partial charge in [0.1, 0.15) is 0 Å². The van der Waals surface area contributed by atoms with Crippen LogP contribution in [-0.4, -0.2) is 29.7 Å². The first-order valence-corrected chi connectivity index (χ1v) is 12.7. The molecule has 37 heavy (non-hydrogen) atoms. The molecule has 188 valence electrons. The Kier molecular flexibility index (Phi) is 6.74. The number of anilines is 1. The molecule has 1 saturated carbocycles. The van der Waals surface area contributed by atoms with Crippen molar-refractivity contribution in [3.05, 3.63) is 101 Å². The van der Waals surface area contributed by atoms with Gasteiger partial charge in [-0.05, 0) is 68.9 Å². The Bertz CT molecular complexity index is 1330. The molecule has 2 fully saturated rings. The predicted molar refractivity (Wildman–Crippen MR) is 139 cm³/mol. The molecule has 3 aromatic carbocycles. The van der Waals surface area contributed by atoms with Gasteiger partial charge in [0.2, 0.25) is 17.6 Å². The van der Waals surface area contributed by atoms with Crippen molar-refractivity contribution in [2.45, 2.75) is 45.1 Å². The lowest BCUT2D eigenvalue weighted by atomic mass is 9.73. The number of imide groups is 1. The van der Waals surface area contributed by atoms with Crippen LogP contribution < -0.4 is 4.90 Å². The average Bonchev–Trinajstić information content (AvgIpc) is 3.18. The minimum atomic E-state index is -0.947. The van der Waals surface area contributed by atoms with Crippen LogP contribution in [0.5, 0.6) is 0 Å².